The second-order valence-corrected chi connectivity index (χ2v) is 3.40. The highest BCUT2D eigenvalue weighted by Crippen LogP contribution is 2.24. The standard InChI is InChI=1S/C8H15NO/c1-2-7-4-8(10-6-7)5-9-3-1/h7-9H,1-6H2. The van der Waals surface area contributed by atoms with Crippen LogP contribution in [0.4, 0.5) is 0 Å². The van der Waals surface area contributed by atoms with Crippen LogP contribution in [0.25, 0.3) is 0 Å². The lowest BCUT2D eigenvalue weighted by atomic mass is 9.98. The number of nitrogens with one attached hydrogen (secondary N) is 1. The maximum atomic E-state index is 5.57. The molecule has 2 unspecified atom stereocenters. The molecule has 0 aromatic rings. The van der Waals surface area contributed by atoms with E-state index in [1.807, 2.05) is 0 Å². The summed E-state index contributed by atoms with van der Waals surface area (Å²) in [5.41, 5.74) is 0. The van der Waals surface area contributed by atoms with E-state index in [0.29, 0.717) is 6.10 Å². The van der Waals surface area contributed by atoms with Crippen molar-refractivity contribution in [2.45, 2.75) is 25.4 Å². The van der Waals surface area contributed by atoms with Crippen LogP contribution in [-0.4, -0.2) is 25.8 Å². The predicted octanol–water partition coefficient (Wildman–Crippen LogP) is 0.775. The maximum absolute atomic E-state index is 5.57. The summed E-state index contributed by atoms with van der Waals surface area (Å²) in [5.74, 6) is 0.882. The first kappa shape index (κ1) is 6.62. The monoisotopic (exact) mass is 141 g/mol. The zero-order valence-corrected chi connectivity index (χ0v) is 6.31. The molecule has 2 heterocycles. The second-order valence-electron chi connectivity index (χ2n) is 3.40. The normalized spacial score (nSPS) is 40.8. The molecule has 2 saturated heterocycles. The molecule has 58 valence electrons. The molecule has 10 heavy (non-hydrogen) atoms. The lowest BCUT2D eigenvalue weighted by Crippen LogP contribution is -2.28. The molecular weight excluding hydrogens is 126 g/mol. The van der Waals surface area contributed by atoms with E-state index in [1.165, 1.54) is 25.8 Å². The van der Waals surface area contributed by atoms with Gasteiger partial charge in [0.1, 0.15) is 0 Å². The van der Waals surface area contributed by atoms with Gasteiger partial charge in [-0.25, -0.2) is 0 Å². The number of fused-ring (bicyclic) bond motifs is 2. The van der Waals surface area contributed by atoms with Crippen molar-refractivity contribution in [2.24, 2.45) is 5.92 Å². The zero-order valence-electron chi connectivity index (χ0n) is 6.31. The van der Waals surface area contributed by atoms with Crippen molar-refractivity contribution in [2.75, 3.05) is 19.7 Å². The minimum absolute atomic E-state index is 0.533. The van der Waals surface area contributed by atoms with E-state index >= 15 is 0 Å². The van der Waals surface area contributed by atoms with Crippen LogP contribution in [-0.2, 0) is 4.74 Å². The minimum atomic E-state index is 0.533. The molecule has 2 rings (SSSR count). The summed E-state index contributed by atoms with van der Waals surface area (Å²) in [6, 6.07) is 0. The fraction of sp³-hybridized carbons (Fsp3) is 1.00. The largest absolute Gasteiger partial charge is 0.377 e. The first-order valence-electron chi connectivity index (χ1n) is 4.27. The summed E-state index contributed by atoms with van der Waals surface area (Å²) < 4.78 is 5.57. The van der Waals surface area contributed by atoms with Gasteiger partial charge in [0, 0.05) is 13.2 Å². The van der Waals surface area contributed by atoms with E-state index in [0.717, 1.165) is 19.1 Å². The number of hydrogen-bond acceptors (Lipinski definition) is 2. The molecule has 0 amide bonds. The summed E-state index contributed by atoms with van der Waals surface area (Å²) in [6.45, 7) is 3.29. The number of rotatable bonds is 0. The molecule has 1 N–H and O–H groups in total. The third kappa shape index (κ3) is 1.32. The van der Waals surface area contributed by atoms with E-state index in [9.17, 15) is 0 Å². The first-order valence-corrected chi connectivity index (χ1v) is 4.27. The van der Waals surface area contributed by atoms with Gasteiger partial charge in [-0.05, 0) is 31.7 Å². The van der Waals surface area contributed by atoms with Crippen molar-refractivity contribution in [1.82, 2.24) is 5.32 Å². The SMILES string of the molecule is C1CNCC2CC(C1)CO2. The third-order valence-corrected chi connectivity index (χ3v) is 2.50. The van der Waals surface area contributed by atoms with Crippen LogP contribution < -0.4 is 5.32 Å². The Bertz CT molecular complexity index is 104. The van der Waals surface area contributed by atoms with Gasteiger partial charge in [0.15, 0.2) is 0 Å². The molecule has 0 spiro atoms. The summed E-state index contributed by atoms with van der Waals surface area (Å²) in [4.78, 5) is 0. The molecular formula is C8H15NO. The Morgan fingerprint density at radius 1 is 1.40 bits per heavy atom. The topological polar surface area (TPSA) is 21.3 Å². The van der Waals surface area contributed by atoms with Gasteiger partial charge in [0.25, 0.3) is 0 Å². The predicted molar refractivity (Wildman–Crippen MR) is 40.0 cm³/mol. The summed E-state index contributed by atoms with van der Waals surface area (Å²) in [7, 11) is 0. The van der Waals surface area contributed by atoms with Crippen LogP contribution in [0.5, 0.6) is 0 Å². The van der Waals surface area contributed by atoms with Crippen LogP contribution in [0.3, 0.4) is 0 Å². The summed E-state index contributed by atoms with van der Waals surface area (Å²) in [6.07, 6.45) is 4.53. The molecule has 2 bridgehead atoms. The molecule has 0 saturated carbocycles. The van der Waals surface area contributed by atoms with Crippen LogP contribution in [0.2, 0.25) is 0 Å². The van der Waals surface area contributed by atoms with Crippen LogP contribution in [0.15, 0.2) is 0 Å². The second kappa shape index (κ2) is 2.89. The molecule has 2 atom stereocenters. The Balaban J connectivity index is 1.91. The molecule has 2 heteroatoms. The molecule has 0 radical (unpaired) electrons. The highest BCUT2D eigenvalue weighted by molar-refractivity contribution is 4.77. The lowest BCUT2D eigenvalue weighted by molar-refractivity contribution is 0.108. The smallest absolute Gasteiger partial charge is 0.0703 e. The fourth-order valence-electron chi connectivity index (χ4n) is 1.90. The van der Waals surface area contributed by atoms with E-state index in [2.05, 4.69) is 5.32 Å². The zero-order chi connectivity index (χ0) is 6.81. The van der Waals surface area contributed by atoms with Gasteiger partial charge < -0.3 is 10.1 Å². The lowest BCUT2D eigenvalue weighted by Gasteiger charge is -2.14. The van der Waals surface area contributed by atoms with Gasteiger partial charge in [-0.2, -0.15) is 0 Å². The van der Waals surface area contributed by atoms with Gasteiger partial charge in [0.2, 0.25) is 0 Å². The van der Waals surface area contributed by atoms with E-state index in [4.69, 9.17) is 4.74 Å². The van der Waals surface area contributed by atoms with Crippen molar-refractivity contribution in [3.8, 4) is 0 Å². The Morgan fingerprint density at radius 3 is 3.40 bits per heavy atom. The van der Waals surface area contributed by atoms with Crippen molar-refractivity contribution in [3.63, 3.8) is 0 Å². The van der Waals surface area contributed by atoms with E-state index in [1.54, 1.807) is 0 Å². The average molecular weight is 141 g/mol. The molecule has 2 nitrogen and oxygen atoms in total. The van der Waals surface area contributed by atoms with Crippen LogP contribution in [0, 0.1) is 5.92 Å². The van der Waals surface area contributed by atoms with Crippen molar-refractivity contribution < 1.29 is 4.74 Å². The molecule has 2 aliphatic heterocycles. The van der Waals surface area contributed by atoms with Gasteiger partial charge in [0.05, 0.1) is 6.10 Å². The van der Waals surface area contributed by atoms with Crippen LogP contribution in [0.1, 0.15) is 19.3 Å². The van der Waals surface area contributed by atoms with Crippen molar-refractivity contribution >= 4 is 0 Å². The van der Waals surface area contributed by atoms with Crippen molar-refractivity contribution in [1.29, 1.82) is 0 Å². The molecule has 2 fully saturated rings. The van der Waals surface area contributed by atoms with Gasteiger partial charge >= 0.3 is 0 Å². The number of ether oxygens (including phenoxy) is 1. The quantitative estimate of drug-likeness (QED) is 0.538. The Labute approximate surface area is 61.9 Å². The molecule has 0 aliphatic carbocycles. The van der Waals surface area contributed by atoms with Gasteiger partial charge in [-0.15, -0.1) is 0 Å². The minimum Gasteiger partial charge on any atom is -0.377 e. The van der Waals surface area contributed by atoms with Gasteiger partial charge in [-0.1, -0.05) is 0 Å². The molecule has 0 aromatic heterocycles. The van der Waals surface area contributed by atoms with E-state index in [-0.39, 0.29) is 0 Å². The highest BCUT2D eigenvalue weighted by Gasteiger charge is 2.25. The Hall–Kier alpha value is -0.0800. The van der Waals surface area contributed by atoms with Crippen LogP contribution >= 0.6 is 0 Å². The highest BCUT2D eigenvalue weighted by atomic mass is 16.5. The maximum Gasteiger partial charge on any atom is 0.0703 e. The Kier molecular flexibility index (Phi) is 1.91. The average Bonchev–Trinajstić information content (AvgIpc) is 2.30. The third-order valence-electron chi connectivity index (χ3n) is 2.50. The Morgan fingerprint density at radius 2 is 2.40 bits per heavy atom. The van der Waals surface area contributed by atoms with E-state index < -0.39 is 0 Å². The molecule has 0 aromatic carbocycles. The summed E-state index contributed by atoms with van der Waals surface area (Å²) in [5, 5.41) is 3.39. The van der Waals surface area contributed by atoms with Crippen molar-refractivity contribution in [3.05, 3.63) is 0 Å². The molecule has 2 aliphatic rings. The number of hydrogen-bond donors (Lipinski definition) is 1. The van der Waals surface area contributed by atoms with Gasteiger partial charge in [-0.3, -0.25) is 0 Å². The fourth-order valence-corrected chi connectivity index (χ4v) is 1.90. The first-order chi connectivity index (χ1) is 4.95. The summed E-state index contributed by atoms with van der Waals surface area (Å²) >= 11 is 0.